The lowest BCUT2D eigenvalue weighted by atomic mass is 9.96. The molecule has 1 atom stereocenters. The Labute approximate surface area is 201 Å². The Bertz CT molecular complexity index is 1150. The van der Waals surface area contributed by atoms with Gasteiger partial charge < -0.3 is 5.32 Å². The second-order valence-corrected chi connectivity index (χ2v) is 10.4. The summed E-state index contributed by atoms with van der Waals surface area (Å²) in [6.45, 7) is 1.83. The van der Waals surface area contributed by atoms with E-state index in [4.69, 9.17) is 16.6 Å². The van der Waals surface area contributed by atoms with E-state index in [9.17, 15) is 10.1 Å². The molecule has 32 heavy (non-hydrogen) atoms. The van der Waals surface area contributed by atoms with Crippen LogP contribution in [0.4, 0.5) is 5.13 Å². The van der Waals surface area contributed by atoms with Crippen molar-refractivity contribution in [3.05, 3.63) is 57.6 Å². The summed E-state index contributed by atoms with van der Waals surface area (Å²) in [5, 5.41) is 15.9. The Balaban J connectivity index is 1.45. The molecule has 3 aromatic rings. The summed E-state index contributed by atoms with van der Waals surface area (Å²) >= 11 is 8.65. The number of pyridine rings is 1. The zero-order chi connectivity index (χ0) is 22.5. The highest BCUT2D eigenvalue weighted by atomic mass is 35.5. The summed E-state index contributed by atoms with van der Waals surface area (Å²) in [6.07, 6.45) is 6.60. The number of nitrogens with zero attached hydrogens (tertiary/aromatic N) is 3. The number of thioether (sulfide) groups is 1. The van der Waals surface area contributed by atoms with E-state index in [1.54, 1.807) is 0 Å². The summed E-state index contributed by atoms with van der Waals surface area (Å²) < 4.78 is 0. The van der Waals surface area contributed by atoms with Gasteiger partial charge in [-0.25, -0.2) is 9.97 Å². The predicted molar refractivity (Wildman–Crippen MR) is 131 cm³/mol. The van der Waals surface area contributed by atoms with Crippen molar-refractivity contribution in [3.63, 3.8) is 0 Å². The first-order valence-corrected chi connectivity index (χ1v) is 12.8. The number of rotatable bonds is 5. The molecule has 0 spiro atoms. The Kier molecular flexibility index (Phi) is 7.46. The number of thiazole rings is 1. The number of benzene rings is 1. The van der Waals surface area contributed by atoms with Gasteiger partial charge in [-0.1, -0.05) is 48.3 Å². The van der Waals surface area contributed by atoms with E-state index < -0.39 is 5.25 Å². The Morgan fingerprint density at radius 3 is 2.69 bits per heavy atom. The van der Waals surface area contributed by atoms with Crippen molar-refractivity contribution in [1.82, 2.24) is 9.97 Å². The van der Waals surface area contributed by atoms with E-state index in [1.165, 1.54) is 41.5 Å². The van der Waals surface area contributed by atoms with Crippen LogP contribution in [-0.4, -0.2) is 21.1 Å². The second-order valence-electron chi connectivity index (χ2n) is 7.77. The molecule has 1 aromatic carbocycles. The van der Waals surface area contributed by atoms with Gasteiger partial charge in [0.25, 0.3) is 0 Å². The van der Waals surface area contributed by atoms with Crippen LogP contribution in [0.25, 0.3) is 11.3 Å². The van der Waals surface area contributed by atoms with Crippen LogP contribution in [0.2, 0.25) is 5.02 Å². The number of carbonyl (C=O) groups excluding carboxylic acids is 1. The molecule has 8 heteroatoms. The molecular weight excluding hydrogens is 460 g/mol. The Hall–Kier alpha value is -2.40. The van der Waals surface area contributed by atoms with Gasteiger partial charge in [0.2, 0.25) is 5.91 Å². The number of hydrogen-bond donors (Lipinski definition) is 1. The van der Waals surface area contributed by atoms with Gasteiger partial charge in [-0.2, -0.15) is 5.26 Å². The third kappa shape index (κ3) is 5.50. The van der Waals surface area contributed by atoms with E-state index in [-0.39, 0.29) is 5.91 Å². The fourth-order valence-corrected chi connectivity index (χ4v) is 5.39. The Morgan fingerprint density at radius 2 is 1.94 bits per heavy atom. The van der Waals surface area contributed by atoms with Crippen molar-refractivity contribution in [2.24, 2.45) is 0 Å². The van der Waals surface area contributed by atoms with Crippen LogP contribution in [-0.2, 0) is 17.6 Å². The highest BCUT2D eigenvalue weighted by molar-refractivity contribution is 8.00. The molecular formula is C24H23ClN4OS2. The van der Waals surface area contributed by atoms with Gasteiger partial charge in [0.05, 0.1) is 16.5 Å². The quantitative estimate of drug-likeness (QED) is 0.419. The average Bonchev–Trinajstić information content (AvgIpc) is 3.23. The summed E-state index contributed by atoms with van der Waals surface area (Å²) in [7, 11) is 0. The van der Waals surface area contributed by atoms with Crippen LogP contribution in [0.15, 0.2) is 40.7 Å². The van der Waals surface area contributed by atoms with Gasteiger partial charge in [-0.05, 0) is 56.4 Å². The summed E-state index contributed by atoms with van der Waals surface area (Å²) in [6, 6.07) is 11.7. The van der Waals surface area contributed by atoms with Crippen molar-refractivity contribution in [2.45, 2.75) is 55.7 Å². The van der Waals surface area contributed by atoms with E-state index in [0.29, 0.717) is 20.7 Å². The van der Waals surface area contributed by atoms with Crippen molar-refractivity contribution in [3.8, 4) is 17.3 Å². The van der Waals surface area contributed by atoms with Crippen LogP contribution in [0.1, 0.15) is 49.4 Å². The van der Waals surface area contributed by atoms with Crippen molar-refractivity contribution in [2.75, 3.05) is 5.32 Å². The maximum atomic E-state index is 12.8. The first-order valence-electron chi connectivity index (χ1n) is 10.7. The van der Waals surface area contributed by atoms with Crippen molar-refractivity contribution >= 4 is 45.7 Å². The fourth-order valence-electron chi connectivity index (χ4n) is 3.65. The van der Waals surface area contributed by atoms with E-state index in [1.807, 2.05) is 42.6 Å². The fraction of sp³-hybridized carbons (Fsp3) is 0.333. The zero-order valence-corrected chi connectivity index (χ0v) is 20.1. The minimum Gasteiger partial charge on any atom is -0.301 e. The molecule has 4 rings (SSSR count). The monoisotopic (exact) mass is 482 g/mol. The topological polar surface area (TPSA) is 78.7 Å². The van der Waals surface area contributed by atoms with E-state index >= 15 is 0 Å². The van der Waals surface area contributed by atoms with Crippen molar-refractivity contribution < 1.29 is 4.79 Å². The number of nitrogens with one attached hydrogen (secondary N) is 1. The van der Waals surface area contributed by atoms with Gasteiger partial charge >= 0.3 is 0 Å². The van der Waals surface area contributed by atoms with Crippen LogP contribution in [0.3, 0.4) is 0 Å². The number of anilines is 1. The third-order valence-electron chi connectivity index (χ3n) is 5.42. The second kappa shape index (κ2) is 10.5. The number of amides is 1. The molecule has 0 saturated carbocycles. The number of aryl methyl sites for hydroxylation is 2. The maximum Gasteiger partial charge on any atom is 0.239 e. The van der Waals surface area contributed by atoms with Crippen LogP contribution < -0.4 is 5.32 Å². The van der Waals surface area contributed by atoms with Gasteiger partial charge in [0.15, 0.2) is 5.13 Å². The van der Waals surface area contributed by atoms with Gasteiger partial charge in [0.1, 0.15) is 11.1 Å². The summed E-state index contributed by atoms with van der Waals surface area (Å²) in [5.41, 5.74) is 4.54. The number of halogens is 1. The molecule has 1 N–H and O–H groups in total. The minimum absolute atomic E-state index is 0.163. The number of aromatic nitrogens is 2. The molecule has 164 valence electrons. The van der Waals surface area contributed by atoms with Gasteiger partial charge in [0, 0.05) is 21.7 Å². The predicted octanol–water partition coefficient (Wildman–Crippen LogP) is 6.51. The average molecular weight is 483 g/mol. The first kappa shape index (κ1) is 22.8. The normalized spacial score (nSPS) is 14.5. The van der Waals surface area contributed by atoms with Crippen LogP contribution in [0, 0.1) is 11.3 Å². The highest BCUT2D eigenvalue weighted by Crippen LogP contribution is 2.31. The number of nitriles is 1. The molecule has 0 bridgehead atoms. The van der Waals surface area contributed by atoms with Gasteiger partial charge in [-0.15, -0.1) is 11.3 Å². The van der Waals surface area contributed by atoms with Crippen LogP contribution >= 0.6 is 34.7 Å². The molecule has 5 nitrogen and oxygen atoms in total. The minimum atomic E-state index is -0.413. The lowest BCUT2D eigenvalue weighted by Crippen LogP contribution is -2.22. The summed E-state index contributed by atoms with van der Waals surface area (Å²) in [4.78, 5) is 22.1. The molecule has 1 amide bonds. The lowest BCUT2D eigenvalue weighted by Gasteiger charge is -2.16. The van der Waals surface area contributed by atoms with Crippen molar-refractivity contribution in [1.29, 1.82) is 5.26 Å². The largest absolute Gasteiger partial charge is 0.301 e. The Morgan fingerprint density at radius 1 is 1.19 bits per heavy atom. The molecule has 1 aliphatic rings. The molecule has 1 aliphatic carbocycles. The molecule has 0 aliphatic heterocycles. The third-order valence-corrected chi connectivity index (χ3v) is 7.53. The lowest BCUT2D eigenvalue weighted by molar-refractivity contribution is -0.115. The van der Waals surface area contributed by atoms with Crippen LogP contribution in [0.5, 0.6) is 0 Å². The smallest absolute Gasteiger partial charge is 0.239 e. The molecule has 0 saturated heterocycles. The number of carbonyl (C=O) groups is 1. The molecule has 0 fully saturated rings. The molecule has 2 heterocycles. The first-order chi connectivity index (χ1) is 15.5. The molecule has 2 aromatic heterocycles. The van der Waals surface area contributed by atoms with Gasteiger partial charge in [-0.3, -0.25) is 4.79 Å². The summed E-state index contributed by atoms with van der Waals surface area (Å²) in [5.74, 6) is -0.163. The number of fused-ring (bicyclic) bond motifs is 1. The number of hydrogen-bond acceptors (Lipinski definition) is 6. The van der Waals surface area contributed by atoms with E-state index in [0.717, 1.165) is 42.6 Å². The molecule has 0 radical (unpaired) electrons. The maximum absolute atomic E-state index is 12.8. The zero-order valence-electron chi connectivity index (χ0n) is 17.7. The highest BCUT2D eigenvalue weighted by Gasteiger charge is 2.21. The SMILES string of the molecule is CC(Sc1nc2c(cc1C#N)CCCCCC2)C(=O)Nc1nc(-c2ccc(Cl)cc2)cs1. The standard InChI is InChI=1S/C24H23ClN4OS2/c1-15(22(30)29-24-28-21(14-31-24)16-8-10-19(25)11-9-16)32-23-18(13-26)12-17-6-4-2-3-5-7-20(17)27-23/h8-12,14-15H,2-7H2,1H3,(H,28,29,30). The molecule has 1 unspecified atom stereocenters. The van der Waals surface area contributed by atoms with E-state index in [2.05, 4.69) is 16.4 Å².